The average molecular weight is 246 g/mol. The summed E-state index contributed by atoms with van der Waals surface area (Å²) in [6.07, 6.45) is -0.531. The van der Waals surface area contributed by atoms with E-state index < -0.39 is 47.0 Å². The summed E-state index contributed by atoms with van der Waals surface area (Å²) in [5, 5.41) is 35.6. The molecule has 1 aliphatic rings. The van der Waals surface area contributed by atoms with Crippen LogP contribution in [0.15, 0.2) is 0 Å². The molecule has 8 heteroatoms. The smallest absolute Gasteiger partial charge is 0.323 e. The van der Waals surface area contributed by atoms with Crippen LogP contribution in [0.3, 0.4) is 0 Å². The third-order valence-corrected chi connectivity index (χ3v) is 3.45. The molecule has 8 nitrogen and oxygen atoms in total. The van der Waals surface area contributed by atoms with E-state index in [0.717, 1.165) is 6.92 Å². The summed E-state index contributed by atoms with van der Waals surface area (Å²) in [5.41, 5.74) is -4.96. The monoisotopic (exact) mass is 246 g/mol. The van der Waals surface area contributed by atoms with Crippen LogP contribution >= 0.6 is 0 Å². The molecular weight excluding hydrogens is 236 g/mol. The highest BCUT2D eigenvalue weighted by Gasteiger charge is 2.78. The van der Waals surface area contributed by atoms with Gasteiger partial charge in [-0.3, -0.25) is 19.2 Å². The summed E-state index contributed by atoms with van der Waals surface area (Å²) >= 11 is 0. The lowest BCUT2D eigenvalue weighted by atomic mass is 9.44. The van der Waals surface area contributed by atoms with Crippen LogP contribution in [-0.2, 0) is 19.2 Å². The Balaban J connectivity index is 3.44. The highest BCUT2D eigenvalue weighted by atomic mass is 16.4. The average Bonchev–Trinajstić information content (AvgIpc) is 2.11. The normalized spacial score (nSPS) is 30.1. The number of carbonyl (C=O) groups is 4. The summed E-state index contributed by atoms with van der Waals surface area (Å²) in [7, 11) is 0. The van der Waals surface area contributed by atoms with Crippen molar-refractivity contribution in [3.8, 4) is 0 Å². The molecule has 0 heterocycles. The van der Waals surface area contributed by atoms with Crippen molar-refractivity contribution in [2.45, 2.75) is 13.3 Å². The Morgan fingerprint density at radius 3 is 1.59 bits per heavy atom. The summed E-state index contributed by atoms with van der Waals surface area (Å²) in [5.74, 6) is -8.92. The molecule has 0 radical (unpaired) electrons. The predicted octanol–water partition coefficient (Wildman–Crippen LogP) is -0.663. The molecule has 1 fully saturated rings. The zero-order valence-electron chi connectivity index (χ0n) is 8.71. The number of hydrogen-bond acceptors (Lipinski definition) is 4. The highest BCUT2D eigenvalue weighted by molar-refractivity contribution is 6.09. The van der Waals surface area contributed by atoms with E-state index in [2.05, 4.69) is 0 Å². The van der Waals surface area contributed by atoms with Crippen molar-refractivity contribution in [3.63, 3.8) is 0 Å². The zero-order valence-corrected chi connectivity index (χ0v) is 8.71. The second kappa shape index (κ2) is 3.44. The predicted molar refractivity (Wildman–Crippen MR) is 49.2 cm³/mol. The van der Waals surface area contributed by atoms with Gasteiger partial charge in [0.15, 0.2) is 5.41 Å². The molecule has 0 spiro atoms. The van der Waals surface area contributed by atoms with Crippen molar-refractivity contribution in [3.05, 3.63) is 0 Å². The highest BCUT2D eigenvalue weighted by Crippen LogP contribution is 2.61. The van der Waals surface area contributed by atoms with E-state index in [4.69, 9.17) is 20.4 Å². The molecule has 0 bridgehead atoms. The minimum Gasteiger partial charge on any atom is -0.481 e. The minimum absolute atomic E-state index is 0.531. The van der Waals surface area contributed by atoms with E-state index in [1.807, 2.05) is 0 Å². The topological polar surface area (TPSA) is 149 Å². The Morgan fingerprint density at radius 2 is 1.35 bits per heavy atom. The van der Waals surface area contributed by atoms with Gasteiger partial charge < -0.3 is 20.4 Å². The van der Waals surface area contributed by atoms with Gasteiger partial charge in [-0.25, -0.2) is 0 Å². The lowest BCUT2D eigenvalue weighted by Crippen LogP contribution is -2.70. The van der Waals surface area contributed by atoms with Crippen molar-refractivity contribution in [1.82, 2.24) is 0 Å². The Bertz CT molecular complexity index is 411. The van der Waals surface area contributed by atoms with Gasteiger partial charge in [-0.1, -0.05) is 0 Å². The van der Waals surface area contributed by atoms with Gasteiger partial charge in [0.2, 0.25) is 0 Å². The van der Waals surface area contributed by atoms with Crippen LogP contribution in [0.25, 0.3) is 0 Å². The minimum atomic E-state index is -2.83. The van der Waals surface area contributed by atoms with Crippen LogP contribution in [-0.4, -0.2) is 44.3 Å². The van der Waals surface area contributed by atoms with Gasteiger partial charge in [0.05, 0.1) is 11.3 Å². The third-order valence-electron chi connectivity index (χ3n) is 3.45. The first-order valence-corrected chi connectivity index (χ1v) is 4.55. The van der Waals surface area contributed by atoms with Gasteiger partial charge >= 0.3 is 23.9 Å². The lowest BCUT2D eigenvalue weighted by Gasteiger charge is -2.52. The Morgan fingerprint density at radius 1 is 0.941 bits per heavy atom. The molecule has 94 valence electrons. The van der Waals surface area contributed by atoms with Gasteiger partial charge in [-0.2, -0.15) is 0 Å². The van der Waals surface area contributed by atoms with E-state index >= 15 is 0 Å². The molecule has 0 aromatic carbocycles. The van der Waals surface area contributed by atoms with Crippen LogP contribution < -0.4 is 0 Å². The number of rotatable bonds is 4. The molecule has 1 saturated carbocycles. The number of carboxylic acids is 4. The summed E-state index contributed by atoms with van der Waals surface area (Å²) in [6.45, 7) is 0.928. The Hall–Kier alpha value is -2.12. The number of hydrogen-bond donors (Lipinski definition) is 4. The maximum Gasteiger partial charge on any atom is 0.323 e. The van der Waals surface area contributed by atoms with Crippen LogP contribution in [0.4, 0.5) is 0 Å². The fourth-order valence-electron chi connectivity index (χ4n) is 2.37. The molecule has 1 rings (SSSR count). The Labute approximate surface area is 94.5 Å². The summed E-state index contributed by atoms with van der Waals surface area (Å²) < 4.78 is 0. The van der Waals surface area contributed by atoms with Gasteiger partial charge in [-0.05, 0) is 13.3 Å². The third kappa shape index (κ3) is 1.23. The summed E-state index contributed by atoms with van der Waals surface area (Å²) in [6, 6.07) is 0. The van der Waals surface area contributed by atoms with Crippen LogP contribution in [0.5, 0.6) is 0 Å². The van der Waals surface area contributed by atoms with Gasteiger partial charge in [0.1, 0.15) is 0 Å². The van der Waals surface area contributed by atoms with Crippen molar-refractivity contribution in [2.24, 2.45) is 16.7 Å². The zero-order chi connectivity index (χ0) is 13.6. The quantitative estimate of drug-likeness (QED) is 0.477. The van der Waals surface area contributed by atoms with E-state index in [1.54, 1.807) is 0 Å². The fraction of sp³-hybridized carbons (Fsp3) is 0.556. The molecule has 0 aliphatic heterocycles. The van der Waals surface area contributed by atoms with Crippen LogP contribution in [0, 0.1) is 16.7 Å². The standard InChI is InChI=1S/C9H10O8/c1-8(5(12)13)2-3(4(10)11)9(8,6(14)15)7(16)17/h3H,2H2,1H3,(H,10,11)(H,12,13)(H,14,15)(H,16,17). The van der Waals surface area contributed by atoms with Gasteiger partial charge in [0, 0.05) is 0 Å². The summed E-state index contributed by atoms with van der Waals surface area (Å²) in [4.78, 5) is 43.9. The first-order valence-electron chi connectivity index (χ1n) is 4.55. The van der Waals surface area contributed by atoms with Gasteiger partial charge in [-0.15, -0.1) is 0 Å². The number of aliphatic carboxylic acids is 4. The van der Waals surface area contributed by atoms with E-state index in [0.29, 0.717) is 0 Å². The second-order valence-corrected chi connectivity index (χ2v) is 4.15. The first kappa shape index (κ1) is 12.9. The molecule has 0 aromatic rings. The molecule has 2 atom stereocenters. The van der Waals surface area contributed by atoms with E-state index in [-0.39, 0.29) is 0 Å². The molecule has 4 N–H and O–H groups in total. The molecule has 17 heavy (non-hydrogen) atoms. The molecule has 2 unspecified atom stereocenters. The largest absolute Gasteiger partial charge is 0.481 e. The second-order valence-electron chi connectivity index (χ2n) is 4.15. The molecule has 0 saturated heterocycles. The van der Waals surface area contributed by atoms with Crippen molar-refractivity contribution < 1.29 is 39.6 Å². The molecule has 0 aromatic heterocycles. The Kier molecular flexibility index (Phi) is 2.62. The van der Waals surface area contributed by atoms with Crippen molar-refractivity contribution >= 4 is 23.9 Å². The van der Waals surface area contributed by atoms with Gasteiger partial charge in [0.25, 0.3) is 0 Å². The maximum atomic E-state index is 11.1. The lowest BCUT2D eigenvalue weighted by molar-refractivity contribution is -0.219. The van der Waals surface area contributed by atoms with Crippen LogP contribution in [0.1, 0.15) is 13.3 Å². The number of carboxylic acid groups (broad SMARTS) is 4. The first-order chi connectivity index (χ1) is 7.62. The maximum absolute atomic E-state index is 11.1. The SMILES string of the molecule is CC1(C(=O)O)CC(C(=O)O)C1(C(=O)O)C(=O)O. The van der Waals surface area contributed by atoms with Crippen molar-refractivity contribution in [1.29, 1.82) is 0 Å². The van der Waals surface area contributed by atoms with E-state index in [9.17, 15) is 19.2 Å². The van der Waals surface area contributed by atoms with Crippen LogP contribution in [0.2, 0.25) is 0 Å². The molecule has 1 aliphatic carbocycles. The van der Waals surface area contributed by atoms with E-state index in [1.165, 1.54) is 0 Å². The fourth-order valence-corrected chi connectivity index (χ4v) is 2.37. The molecular formula is C9H10O8. The van der Waals surface area contributed by atoms with Crippen molar-refractivity contribution in [2.75, 3.05) is 0 Å². The molecule has 0 amide bonds.